The maximum Gasteiger partial charge on any atom is 0.235 e. The Bertz CT molecular complexity index is 777. The van der Waals surface area contributed by atoms with Gasteiger partial charge >= 0.3 is 0 Å². The van der Waals surface area contributed by atoms with E-state index in [1.54, 1.807) is 26.0 Å². The van der Waals surface area contributed by atoms with Gasteiger partial charge in [-0.2, -0.15) is 0 Å². The maximum atomic E-state index is 12.4. The molecule has 0 aliphatic carbocycles. The van der Waals surface area contributed by atoms with Crippen molar-refractivity contribution in [2.75, 3.05) is 6.54 Å². The summed E-state index contributed by atoms with van der Waals surface area (Å²) >= 11 is 12.0. The lowest BCUT2D eigenvalue weighted by Gasteiger charge is -2.23. The van der Waals surface area contributed by atoms with E-state index in [-0.39, 0.29) is 11.8 Å². The molecule has 0 spiro atoms. The molecule has 2 aromatic rings. The number of amides is 2. The third-order valence-electron chi connectivity index (χ3n) is 4.13. The summed E-state index contributed by atoms with van der Waals surface area (Å²) in [5.74, 6) is -0.642. The van der Waals surface area contributed by atoms with Gasteiger partial charge in [0.2, 0.25) is 11.8 Å². The van der Waals surface area contributed by atoms with Crippen LogP contribution >= 0.6 is 23.2 Å². The number of nitrogens with one attached hydrogen (secondary N) is 2. The largest absolute Gasteiger partial charge is 0.355 e. The van der Waals surface area contributed by atoms with Crippen molar-refractivity contribution in [3.8, 4) is 0 Å². The third kappa shape index (κ3) is 5.48. The Morgan fingerprint density at radius 1 is 0.962 bits per heavy atom. The average molecular weight is 393 g/mol. The molecular formula is C20H22Cl2N2O2. The van der Waals surface area contributed by atoms with Crippen molar-refractivity contribution < 1.29 is 9.59 Å². The van der Waals surface area contributed by atoms with Gasteiger partial charge in [0.1, 0.15) is 5.41 Å². The maximum absolute atomic E-state index is 12.4. The van der Waals surface area contributed by atoms with Gasteiger partial charge in [0.05, 0.1) is 0 Å². The van der Waals surface area contributed by atoms with Gasteiger partial charge in [-0.25, -0.2) is 0 Å². The monoisotopic (exact) mass is 392 g/mol. The summed E-state index contributed by atoms with van der Waals surface area (Å²) in [6.45, 7) is 3.99. The van der Waals surface area contributed by atoms with Crippen LogP contribution < -0.4 is 10.6 Å². The molecule has 138 valence electrons. The highest BCUT2D eigenvalue weighted by atomic mass is 35.5. The predicted octanol–water partition coefficient (Wildman–Crippen LogP) is 3.99. The fourth-order valence-electron chi connectivity index (χ4n) is 2.36. The Morgan fingerprint density at radius 2 is 1.62 bits per heavy atom. The van der Waals surface area contributed by atoms with Gasteiger partial charge in [0, 0.05) is 23.1 Å². The van der Waals surface area contributed by atoms with Gasteiger partial charge < -0.3 is 10.6 Å². The Labute approximate surface area is 163 Å². The van der Waals surface area contributed by atoms with E-state index in [1.807, 2.05) is 36.4 Å². The Kier molecular flexibility index (Phi) is 7.06. The van der Waals surface area contributed by atoms with Crippen LogP contribution in [0.5, 0.6) is 0 Å². The summed E-state index contributed by atoms with van der Waals surface area (Å²) in [4.78, 5) is 24.8. The van der Waals surface area contributed by atoms with E-state index in [9.17, 15) is 9.59 Å². The van der Waals surface area contributed by atoms with Crippen molar-refractivity contribution in [3.63, 3.8) is 0 Å². The molecule has 2 N–H and O–H groups in total. The van der Waals surface area contributed by atoms with Gasteiger partial charge in [0.15, 0.2) is 0 Å². The van der Waals surface area contributed by atoms with Crippen molar-refractivity contribution in [2.45, 2.75) is 26.8 Å². The second-order valence-corrected chi connectivity index (χ2v) is 7.38. The molecule has 0 bridgehead atoms. The highest BCUT2D eigenvalue weighted by Crippen LogP contribution is 2.21. The minimum atomic E-state index is -1.17. The minimum Gasteiger partial charge on any atom is -0.355 e. The van der Waals surface area contributed by atoms with Crippen LogP contribution in [-0.4, -0.2) is 18.4 Å². The molecule has 0 saturated heterocycles. The van der Waals surface area contributed by atoms with Crippen molar-refractivity contribution in [3.05, 3.63) is 69.7 Å². The molecule has 2 aromatic carbocycles. The summed E-state index contributed by atoms with van der Waals surface area (Å²) in [6, 6.07) is 14.8. The number of carbonyl (C=O) groups excluding carboxylic acids is 2. The summed E-state index contributed by atoms with van der Waals surface area (Å²) in [7, 11) is 0. The highest BCUT2D eigenvalue weighted by Gasteiger charge is 2.35. The van der Waals surface area contributed by atoms with E-state index in [0.29, 0.717) is 29.6 Å². The van der Waals surface area contributed by atoms with E-state index in [0.717, 1.165) is 11.1 Å². The van der Waals surface area contributed by atoms with Crippen molar-refractivity contribution in [1.82, 2.24) is 10.6 Å². The van der Waals surface area contributed by atoms with E-state index >= 15 is 0 Å². The van der Waals surface area contributed by atoms with Crippen molar-refractivity contribution in [1.29, 1.82) is 0 Å². The van der Waals surface area contributed by atoms with E-state index in [4.69, 9.17) is 23.2 Å². The number of halogens is 2. The van der Waals surface area contributed by atoms with Crippen LogP contribution in [0.1, 0.15) is 25.0 Å². The lowest BCUT2D eigenvalue weighted by Crippen LogP contribution is -2.48. The Hall–Kier alpha value is -2.04. The van der Waals surface area contributed by atoms with Gasteiger partial charge in [-0.15, -0.1) is 0 Å². The second kappa shape index (κ2) is 9.06. The van der Waals surface area contributed by atoms with E-state index in [1.165, 1.54) is 0 Å². The molecule has 4 nitrogen and oxygen atoms in total. The SMILES string of the molecule is CC(C)(C(=O)NCCc1ccc(Cl)cc1Cl)C(=O)NCc1ccccc1. The van der Waals surface area contributed by atoms with Crippen LogP contribution in [0.3, 0.4) is 0 Å². The van der Waals surface area contributed by atoms with Gasteiger partial charge in [0.25, 0.3) is 0 Å². The first-order chi connectivity index (χ1) is 12.3. The molecular weight excluding hydrogens is 371 g/mol. The summed E-state index contributed by atoms with van der Waals surface area (Å²) in [5, 5.41) is 6.74. The van der Waals surface area contributed by atoms with Crippen LogP contribution in [0.4, 0.5) is 0 Å². The highest BCUT2D eigenvalue weighted by molar-refractivity contribution is 6.35. The molecule has 26 heavy (non-hydrogen) atoms. The van der Waals surface area contributed by atoms with Gasteiger partial charge in [-0.05, 0) is 43.5 Å². The van der Waals surface area contributed by atoms with E-state index < -0.39 is 5.41 Å². The summed E-state index contributed by atoms with van der Waals surface area (Å²) < 4.78 is 0. The summed E-state index contributed by atoms with van der Waals surface area (Å²) in [6.07, 6.45) is 0.559. The molecule has 0 atom stereocenters. The zero-order valence-electron chi connectivity index (χ0n) is 14.8. The van der Waals surface area contributed by atoms with Crippen molar-refractivity contribution >= 4 is 35.0 Å². The molecule has 0 fully saturated rings. The molecule has 0 radical (unpaired) electrons. The lowest BCUT2D eigenvalue weighted by atomic mass is 9.91. The number of benzene rings is 2. The first kappa shape index (κ1) is 20.3. The number of rotatable bonds is 7. The van der Waals surface area contributed by atoms with Gasteiger partial charge in [-0.1, -0.05) is 59.6 Å². The normalized spacial score (nSPS) is 11.1. The molecule has 0 saturated carbocycles. The van der Waals surface area contributed by atoms with Crippen LogP contribution in [0, 0.1) is 5.41 Å². The molecule has 0 aliphatic heterocycles. The third-order valence-corrected chi connectivity index (χ3v) is 4.71. The lowest BCUT2D eigenvalue weighted by molar-refractivity contribution is -0.141. The number of hydrogen-bond acceptors (Lipinski definition) is 2. The smallest absolute Gasteiger partial charge is 0.235 e. The molecule has 0 aliphatic rings. The average Bonchev–Trinajstić information content (AvgIpc) is 2.62. The zero-order valence-corrected chi connectivity index (χ0v) is 16.3. The Morgan fingerprint density at radius 3 is 2.27 bits per heavy atom. The molecule has 2 amide bonds. The standard InChI is InChI=1S/C20H22Cl2N2O2/c1-20(2,19(26)24-13-14-6-4-3-5-7-14)18(25)23-11-10-15-8-9-16(21)12-17(15)22/h3-9,12H,10-11,13H2,1-2H3,(H,23,25)(H,24,26). The first-order valence-corrected chi connectivity index (χ1v) is 9.11. The predicted molar refractivity (Wildman–Crippen MR) is 105 cm³/mol. The minimum absolute atomic E-state index is 0.316. The first-order valence-electron chi connectivity index (χ1n) is 8.35. The Balaban J connectivity index is 1.85. The quantitative estimate of drug-likeness (QED) is 0.699. The molecule has 0 heterocycles. The zero-order chi connectivity index (χ0) is 19.2. The van der Waals surface area contributed by atoms with Crippen LogP contribution in [0.2, 0.25) is 10.0 Å². The number of carbonyl (C=O) groups is 2. The fourth-order valence-corrected chi connectivity index (χ4v) is 2.86. The van der Waals surface area contributed by atoms with Crippen LogP contribution in [-0.2, 0) is 22.6 Å². The molecule has 0 aromatic heterocycles. The molecule has 2 rings (SSSR count). The topological polar surface area (TPSA) is 58.2 Å². The molecule has 6 heteroatoms. The summed E-state index contributed by atoms with van der Waals surface area (Å²) in [5.41, 5.74) is 0.704. The number of hydrogen-bond donors (Lipinski definition) is 2. The molecule has 0 unspecified atom stereocenters. The van der Waals surface area contributed by atoms with Gasteiger partial charge in [-0.3, -0.25) is 9.59 Å². The van der Waals surface area contributed by atoms with Crippen LogP contribution in [0.15, 0.2) is 48.5 Å². The van der Waals surface area contributed by atoms with Crippen LogP contribution in [0.25, 0.3) is 0 Å². The second-order valence-electron chi connectivity index (χ2n) is 6.53. The fraction of sp³-hybridized carbons (Fsp3) is 0.300. The van der Waals surface area contributed by atoms with E-state index in [2.05, 4.69) is 10.6 Å². The van der Waals surface area contributed by atoms with Crippen molar-refractivity contribution in [2.24, 2.45) is 5.41 Å².